The molecule has 40 heavy (non-hydrogen) atoms. The summed E-state index contributed by atoms with van der Waals surface area (Å²) in [5.74, 6) is -7.41. The van der Waals surface area contributed by atoms with Crippen molar-refractivity contribution in [2.75, 3.05) is 41.8 Å². The van der Waals surface area contributed by atoms with E-state index in [1.165, 1.54) is 17.8 Å². The Morgan fingerprint density at radius 1 is 1.25 bits per heavy atom. The molecule has 2 atom stereocenters. The van der Waals surface area contributed by atoms with Gasteiger partial charge in [0.25, 0.3) is 11.5 Å². The number of fused-ring (bicyclic) bond motifs is 3. The molecule has 1 aliphatic carbocycles. The van der Waals surface area contributed by atoms with E-state index in [1.807, 2.05) is 0 Å². The molecule has 1 saturated heterocycles. The van der Waals surface area contributed by atoms with E-state index in [-0.39, 0.29) is 47.2 Å². The highest BCUT2D eigenvalue weighted by atomic mass is 35.5. The van der Waals surface area contributed by atoms with Gasteiger partial charge in [0.05, 0.1) is 36.0 Å². The Hall–Kier alpha value is -3.32. The Morgan fingerprint density at radius 2 is 2.02 bits per heavy atom. The highest BCUT2D eigenvalue weighted by Crippen LogP contribution is 2.45. The van der Waals surface area contributed by atoms with Gasteiger partial charge in [-0.2, -0.15) is 4.98 Å². The molecule has 0 amide bonds. The number of benzene rings is 1. The summed E-state index contributed by atoms with van der Waals surface area (Å²) in [4.78, 5) is 23.2. The Bertz CT molecular complexity index is 1530. The molecule has 1 aromatic carbocycles. The number of anilines is 4. The molecule has 214 valence electrons. The quantitative estimate of drug-likeness (QED) is 0.381. The maximum absolute atomic E-state index is 14.9. The lowest BCUT2D eigenvalue weighted by Crippen LogP contribution is -2.49. The number of aliphatic hydroxyl groups excluding tert-OH is 1. The van der Waals surface area contributed by atoms with Crippen molar-refractivity contribution >= 4 is 45.6 Å². The summed E-state index contributed by atoms with van der Waals surface area (Å²) in [5, 5.41) is 16.1. The molecule has 2 fully saturated rings. The maximum atomic E-state index is 14.9. The van der Waals surface area contributed by atoms with Crippen LogP contribution in [0.4, 0.5) is 40.7 Å². The van der Waals surface area contributed by atoms with Gasteiger partial charge < -0.3 is 29.9 Å². The largest absolute Gasteiger partial charge is 0.480 e. The number of nitrogens with zero attached hydrogens (tertiary/aromatic N) is 4. The van der Waals surface area contributed by atoms with E-state index in [0.717, 1.165) is 0 Å². The third-order valence-electron chi connectivity index (χ3n) is 7.86. The highest BCUT2D eigenvalue weighted by molar-refractivity contribution is 6.33. The van der Waals surface area contributed by atoms with Crippen molar-refractivity contribution in [3.63, 3.8) is 0 Å². The second-order valence-corrected chi connectivity index (χ2v) is 11.0. The highest BCUT2D eigenvalue weighted by Gasteiger charge is 2.51. The van der Waals surface area contributed by atoms with Crippen LogP contribution in [0.1, 0.15) is 19.3 Å². The lowest BCUT2D eigenvalue weighted by Gasteiger charge is -2.37. The molecule has 14 heteroatoms. The topological polar surface area (TPSA) is 105 Å². The fraction of sp³-hybridized carbons (Fsp3) is 0.500. The van der Waals surface area contributed by atoms with Crippen LogP contribution in [0.25, 0.3) is 10.9 Å². The molecule has 0 radical (unpaired) electrons. The molecule has 3 aliphatic rings. The van der Waals surface area contributed by atoms with E-state index in [9.17, 15) is 27.5 Å². The maximum Gasteiger partial charge on any atom is 0.301 e. The van der Waals surface area contributed by atoms with E-state index >= 15 is 0 Å². The molecule has 0 spiro atoms. The zero-order valence-electron chi connectivity index (χ0n) is 21.4. The Labute approximate surface area is 231 Å². The van der Waals surface area contributed by atoms with Crippen molar-refractivity contribution in [1.29, 1.82) is 0 Å². The average Bonchev–Trinajstić information content (AvgIpc) is 3.76. The molecule has 3 N–H and O–H groups in total. The lowest BCUT2D eigenvalue weighted by atomic mass is 9.94. The van der Waals surface area contributed by atoms with Crippen molar-refractivity contribution in [1.82, 2.24) is 14.5 Å². The summed E-state index contributed by atoms with van der Waals surface area (Å²) in [5.41, 5.74) is 0.664. The third-order valence-corrected chi connectivity index (χ3v) is 8.14. The van der Waals surface area contributed by atoms with Crippen molar-refractivity contribution in [3.8, 4) is 5.75 Å². The van der Waals surface area contributed by atoms with E-state index in [2.05, 4.69) is 20.6 Å². The van der Waals surface area contributed by atoms with Crippen LogP contribution in [0.15, 0.2) is 29.2 Å². The number of aryl methyl sites for hydroxylation is 1. The summed E-state index contributed by atoms with van der Waals surface area (Å²) in [6.07, 6.45) is 2.24. The van der Waals surface area contributed by atoms with Gasteiger partial charge in [-0.25, -0.2) is 22.5 Å². The van der Waals surface area contributed by atoms with Crippen molar-refractivity contribution < 1.29 is 27.4 Å². The van der Waals surface area contributed by atoms with Crippen LogP contribution in [0.3, 0.4) is 0 Å². The molecule has 2 aliphatic heterocycles. The van der Waals surface area contributed by atoms with Crippen molar-refractivity contribution in [3.05, 3.63) is 39.8 Å². The van der Waals surface area contributed by atoms with Gasteiger partial charge in [-0.3, -0.25) is 4.79 Å². The molecule has 4 heterocycles. The minimum Gasteiger partial charge on any atom is -0.480 e. The number of aromatic nitrogens is 3. The minimum atomic E-state index is -3.16. The van der Waals surface area contributed by atoms with Gasteiger partial charge in [-0.15, -0.1) is 0 Å². The molecule has 3 aromatic rings. The molecular weight excluding hydrogens is 556 g/mol. The molecule has 0 bridgehead atoms. The first-order valence-corrected chi connectivity index (χ1v) is 13.3. The van der Waals surface area contributed by atoms with Crippen LogP contribution < -0.4 is 25.8 Å². The number of aliphatic hydroxyl groups is 1. The van der Waals surface area contributed by atoms with Gasteiger partial charge in [0, 0.05) is 37.6 Å². The Kier molecular flexibility index (Phi) is 6.49. The van der Waals surface area contributed by atoms with Crippen LogP contribution in [0, 0.1) is 11.8 Å². The first kappa shape index (κ1) is 26.9. The van der Waals surface area contributed by atoms with Gasteiger partial charge in [0.2, 0.25) is 11.7 Å². The summed E-state index contributed by atoms with van der Waals surface area (Å²) in [6, 6.07) is 3.86. The smallest absolute Gasteiger partial charge is 0.301 e. The summed E-state index contributed by atoms with van der Waals surface area (Å²) in [6.45, 7) is -1.69. The van der Waals surface area contributed by atoms with Gasteiger partial charge in [0.1, 0.15) is 5.02 Å². The molecule has 2 aromatic heterocycles. The van der Waals surface area contributed by atoms with Gasteiger partial charge >= 0.3 is 5.92 Å². The summed E-state index contributed by atoms with van der Waals surface area (Å²) >= 11 is 6.35. The minimum absolute atomic E-state index is 0.000817. The molecule has 1 unspecified atom stereocenters. The van der Waals surface area contributed by atoms with E-state index in [0.29, 0.717) is 29.4 Å². The zero-order valence-corrected chi connectivity index (χ0v) is 22.2. The second kappa shape index (κ2) is 9.65. The van der Waals surface area contributed by atoms with Crippen LogP contribution in [-0.4, -0.2) is 63.8 Å². The van der Waals surface area contributed by atoms with Crippen LogP contribution in [0.2, 0.25) is 5.02 Å². The predicted molar refractivity (Wildman–Crippen MR) is 142 cm³/mol. The Balaban J connectivity index is 1.35. The average molecular weight is 583 g/mol. The predicted octanol–water partition coefficient (Wildman–Crippen LogP) is 4.40. The first-order chi connectivity index (χ1) is 19.0. The third kappa shape index (κ3) is 4.68. The van der Waals surface area contributed by atoms with Crippen LogP contribution in [-0.2, 0) is 7.05 Å². The number of hydrogen-bond donors (Lipinski definition) is 3. The second-order valence-electron chi connectivity index (χ2n) is 10.6. The van der Waals surface area contributed by atoms with E-state index in [4.69, 9.17) is 16.3 Å². The number of halogens is 5. The molecule has 1 saturated carbocycles. The normalized spacial score (nSPS) is 23.6. The fourth-order valence-electron chi connectivity index (χ4n) is 5.37. The molecule has 9 nitrogen and oxygen atoms in total. The first-order valence-electron chi connectivity index (χ1n) is 13.0. The summed E-state index contributed by atoms with van der Waals surface area (Å²) in [7, 11) is 1.54. The summed E-state index contributed by atoms with van der Waals surface area (Å²) < 4.78 is 64.7. The fourth-order valence-corrected chi connectivity index (χ4v) is 5.51. The van der Waals surface area contributed by atoms with Crippen molar-refractivity contribution in [2.24, 2.45) is 18.9 Å². The number of rotatable bonds is 5. The Morgan fingerprint density at radius 3 is 2.75 bits per heavy atom. The van der Waals surface area contributed by atoms with Crippen molar-refractivity contribution in [2.45, 2.75) is 37.1 Å². The number of ether oxygens (including phenoxy) is 1. The number of nitrogens with one attached hydrogen (secondary N) is 2. The number of alkyl halides is 4. The lowest BCUT2D eigenvalue weighted by molar-refractivity contribution is -0.0881. The van der Waals surface area contributed by atoms with Gasteiger partial charge in [-0.1, -0.05) is 11.6 Å². The van der Waals surface area contributed by atoms with Crippen LogP contribution >= 0.6 is 11.6 Å². The number of hydrogen-bond acceptors (Lipinski definition) is 8. The standard InChI is InChI=1S/C26H27ClF4N6O3/c1-36-18-5-4-15(8-16(18)19-20(23(36)39)40-12-26(30,31)21(34-19)13-2-3-13)33-22-17(27)9-32-24(35-22)37-7-6-25(28,29)14(10-37)11-38/h4-5,8-9,13-14,21,34,38H,2-3,6-7,10-12H2,1H3,(H,32,33,35)/t14-,21?/m0/s1. The SMILES string of the molecule is Cn1c(=O)c2c(c3cc(Nc4nc(N5CCC(F)(F)[C@H](CO)C5)ncc4Cl)ccc31)NC(C1CC1)C(F)(F)CO2. The van der Waals surface area contributed by atoms with Gasteiger partial charge in [-0.05, 0) is 37.0 Å². The van der Waals surface area contributed by atoms with Gasteiger partial charge in [0.15, 0.2) is 12.4 Å². The number of pyridine rings is 1. The molecule has 6 rings (SSSR count). The monoisotopic (exact) mass is 582 g/mol. The van der Waals surface area contributed by atoms with E-state index in [1.54, 1.807) is 23.1 Å². The zero-order chi connectivity index (χ0) is 28.4. The van der Waals surface area contributed by atoms with E-state index < -0.39 is 49.0 Å². The van der Waals surface area contributed by atoms with Crippen LogP contribution in [0.5, 0.6) is 5.75 Å². The number of piperidine rings is 1. The molecular formula is C26H27ClF4N6O3.